The number of rotatable bonds is 7. The van der Waals surface area contributed by atoms with Crippen molar-refractivity contribution < 1.29 is 53.5 Å². The summed E-state index contributed by atoms with van der Waals surface area (Å²) in [6, 6.07) is 0. The van der Waals surface area contributed by atoms with Gasteiger partial charge in [0.05, 0.1) is 17.8 Å². The molecule has 5 rings (SSSR count). The van der Waals surface area contributed by atoms with E-state index in [1.165, 1.54) is 33.8 Å². The number of hydrogen-bond acceptors (Lipinski definition) is 11. The maximum absolute atomic E-state index is 14.8. The highest BCUT2D eigenvalue weighted by molar-refractivity contribution is 5.98. The first-order valence-corrected chi connectivity index (χ1v) is 17.5. The van der Waals surface area contributed by atoms with Gasteiger partial charge in [0.2, 0.25) is 12.4 Å². The number of aliphatic hydroxyl groups excluding tert-OH is 1. The summed E-state index contributed by atoms with van der Waals surface area (Å²) in [6.45, 7) is 16.8. The Labute approximate surface area is 288 Å². The average molecular weight is 687 g/mol. The molecule has 11 heteroatoms. The lowest BCUT2D eigenvalue weighted by atomic mass is 9.38. The molecular formula is C38H54O11. The Kier molecular flexibility index (Phi) is 9.23. The number of fused-ring (bicyclic) bond motifs is 5. The van der Waals surface area contributed by atoms with Crippen LogP contribution in [0, 0.1) is 39.4 Å². The second-order valence-electron chi connectivity index (χ2n) is 17.3. The maximum atomic E-state index is 14.8. The molecule has 0 spiro atoms. The molecular weight excluding hydrogens is 632 g/mol. The molecule has 0 aromatic rings. The Bertz CT molecular complexity index is 1500. The molecule has 4 fully saturated rings. The molecule has 1 heterocycles. The third kappa shape index (κ3) is 5.81. The van der Waals surface area contributed by atoms with Crippen molar-refractivity contribution >= 4 is 29.1 Å². The van der Waals surface area contributed by atoms with Crippen LogP contribution in [-0.4, -0.2) is 86.3 Å². The molecule has 5 aliphatic rings. The Hall–Kier alpha value is -2.57. The molecule has 4 aliphatic carbocycles. The fourth-order valence-electron chi connectivity index (χ4n) is 10.6. The van der Waals surface area contributed by atoms with Gasteiger partial charge in [0.15, 0.2) is 17.3 Å². The van der Waals surface area contributed by atoms with Gasteiger partial charge >= 0.3 is 5.97 Å². The minimum absolute atomic E-state index is 0.00889. The predicted molar refractivity (Wildman–Crippen MR) is 177 cm³/mol. The summed E-state index contributed by atoms with van der Waals surface area (Å²) in [7, 11) is 0. The van der Waals surface area contributed by atoms with E-state index in [2.05, 4.69) is 6.92 Å². The topological polar surface area (TPSA) is 174 Å². The summed E-state index contributed by atoms with van der Waals surface area (Å²) in [5, 5.41) is 33.6. The Balaban J connectivity index is 1.65. The largest absolute Gasteiger partial charge is 0.449 e. The molecule has 0 bridgehead atoms. The smallest absolute Gasteiger partial charge is 0.303 e. The number of aliphatic hydroxyl groups is 3. The van der Waals surface area contributed by atoms with E-state index in [0.717, 1.165) is 11.6 Å². The van der Waals surface area contributed by atoms with E-state index >= 15 is 0 Å². The van der Waals surface area contributed by atoms with Crippen molar-refractivity contribution in [3.8, 4) is 0 Å². The molecule has 0 radical (unpaired) electrons. The van der Waals surface area contributed by atoms with E-state index in [-0.39, 0.29) is 49.0 Å². The molecule has 3 saturated carbocycles. The van der Waals surface area contributed by atoms with Crippen LogP contribution in [0.1, 0.15) is 101 Å². The first-order valence-electron chi connectivity index (χ1n) is 17.5. The van der Waals surface area contributed by atoms with Crippen LogP contribution in [-0.2, 0) is 38.2 Å². The van der Waals surface area contributed by atoms with Crippen LogP contribution in [0.25, 0.3) is 0 Å². The van der Waals surface area contributed by atoms with Gasteiger partial charge in [-0.3, -0.25) is 24.0 Å². The number of ketones is 4. The summed E-state index contributed by atoms with van der Waals surface area (Å²) >= 11 is 0. The van der Waals surface area contributed by atoms with E-state index in [9.17, 15) is 39.3 Å². The molecule has 0 aromatic carbocycles. The van der Waals surface area contributed by atoms with Gasteiger partial charge in [-0.2, -0.15) is 0 Å². The zero-order valence-electron chi connectivity index (χ0n) is 30.5. The van der Waals surface area contributed by atoms with Gasteiger partial charge in [0.25, 0.3) is 0 Å². The molecule has 0 unspecified atom stereocenters. The van der Waals surface area contributed by atoms with Crippen molar-refractivity contribution in [2.45, 2.75) is 143 Å². The lowest BCUT2D eigenvalue weighted by molar-refractivity contribution is -0.261. The van der Waals surface area contributed by atoms with E-state index in [0.29, 0.717) is 6.42 Å². The zero-order valence-corrected chi connectivity index (χ0v) is 30.5. The molecule has 3 N–H and O–H groups in total. The van der Waals surface area contributed by atoms with Crippen LogP contribution in [0.4, 0.5) is 0 Å². The number of esters is 1. The third-order valence-corrected chi connectivity index (χ3v) is 13.2. The number of ether oxygens (including phenoxy) is 3. The minimum Gasteiger partial charge on any atom is -0.449 e. The van der Waals surface area contributed by atoms with Gasteiger partial charge < -0.3 is 29.5 Å². The number of carbonyl (C=O) groups is 5. The van der Waals surface area contributed by atoms with Crippen LogP contribution >= 0.6 is 0 Å². The minimum atomic E-state index is -2.11. The molecule has 49 heavy (non-hydrogen) atoms. The van der Waals surface area contributed by atoms with Gasteiger partial charge in [-0.1, -0.05) is 38.5 Å². The first-order chi connectivity index (χ1) is 22.3. The molecule has 1 saturated heterocycles. The van der Waals surface area contributed by atoms with Crippen LogP contribution in [0.5, 0.6) is 0 Å². The lowest BCUT2D eigenvalue weighted by Gasteiger charge is -2.64. The van der Waals surface area contributed by atoms with Crippen LogP contribution in [0.15, 0.2) is 23.8 Å². The molecule has 0 aromatic heterocycles. The van der Waals surface area contributed by atoms with Crippen molar-refractivity contribution in [2.24, 2.45) is 39.4 Å². The SMILES string of the molecule is CC(=O)O[C@@H]1C(=O)C[C@@H](C)O[C@@H]1O[C@@H]1C[C@@]2(C)[C@@H]3CC=C4[C@@H](C[C@H](O)C(=O)C4(C)C)[C@]3(C)C(=O)C[C@]2(C)[C@H]1[C@@](C)(O)C(=O)/C=C/C(C)(C)O. The van der Waals surface area contributed by atoms with E-state index < -0.39 is 87.2 Å². The Morgan fingerprint density at radius 2 is 1.67 bits per heavy atom. The standard InChI is InChI=1S/C38H54O11/c1-19-15-23(40)29(48-20(2)39)32(47-19)49-25-17-35(7)26-12-11-21-22(16-24(41)31(44)34(21,5)6)37(26,9)28(43)18-36(35,8)30(25)38(10,46)27(42)13-14-33(3,4)45/h11,13-14,19,22,24-26,29-30,32,41,45-46H,12,15-18H2,1-10H3/b14-13+/t19-,22-,24+,25-,26+,29-,30+,32-,35+,36-,37+,38+/m1/s1. The van der Waals surface area contributed by atoms with Crippen molar-refractivity contribution in [3.05, 3.63) is 23.8 Å². The Morgan fingerprint density at radius 1 is 1.04 bits per heavy atom. The monoisotopic (exact) mass is 686 g/mol. The van der Waals surface area contributed by atoms with E-state index in [4.69, 9.17) is 14.2 Å². The van der Waals surface area contributed by atoms with Crippen LogP contribution in [0.3, 0.4) is 0 Å². The summed E-state index contributed by atoms with van der Waals surface area (Å²) in [4.78, 5) is 67.0. The quantitative estimate of drug-likeness (QED) is 0.203. The van der Waals surface area contributed by atoms with Gasteiger partial charge in [-0.25, -0.2) is 0 Å². The number of hydrogen-bond donors (Lipinski definition) is 3. The van der Waals surface area contributed by atoms with Gasteiger partial charge in [0.1, 0.15) is 17.5 Å². The van der Waals surface area contributed by atoms with Crippen molar-refractivity contribution in [1.82, 2.24) is 0 Å². The van der Waals surface area contributed by atoms with Crippen LogP contribution in [0.2, 0.25) is 0 Å². The van der Waals surface area contributed by atoms with Crippen molar-refractivity contribution in [1.29, 1.82) is 0 Å². The summed E-state index contributed by atoms with van der Waals surface area (Å²) < 4.78 is 18.1. The highest BCUT2D eigenvalue weighted by Gasteiger charge is 2.75. The van der Waals surface area contributed by atoms with E-state index in [1.54, 1.807) is 20.8 Å². The summed E-state index contributed by atoms with van der Waals surface area (Å²) in [6.07, 6.45) is -0.0746. The second kappa shape index (κ2) is 12.0. The number of carbonyl (C=O) groups excluding carboxylic acids is 5. The van der Waals surface area contributed by atoms with Gasteiger partial charge in [0, 0.05) is 36.5 Å². The van der Waals surface area contributed by atoms with Crippen molar-refractivity contribution in [3.63, 3.8) is 0 Å². The van der Waals surface area contributed by atoms with Gasteiger partial charge in [-0.05, 0) is 89.5 Å². The summed E-state index contributed by atoms with van der Waals surface area (Å²) in [5.41, 5.74) is -6.30. The molecule has 12 atom stereocenters. The highest BCUT2D eigenvalue weighted by atomic mass is 16.7. The first kappa shape index (κ1) is 37.7. The molecule has 0 amide bonds. The van der Waals surface area contributed by atoms with Crippen molar-refractivity contribution in [2.75, 3.05) is 0 Å². The third-order valence-electron chi connectivity index (χ3n) is 13.2. The fourth-order valence-corrected chi connectivity index (χ4v) is 10.6. The maximum Gasteiger partial charge on any atom is 0.303 e. The molecule has 272 valence electrons. The second-order valence-corrected chi connectivity index (χ2v) is 17.3. The predicted octanol–water partition coefficient (Wildman–Crippen LogP) is 3.59. The average Bonchev–Trinajstić information content (AvgIpc) is 3.18. The number of Topliss-reactive ketones (excluding diaryl/α,β-unsaturated/α-hetero) is 3. The van der Waals surface area contributed by atoms with Gasteiger partial charge in [-0.15, -0.1) is 0 Å². The lowest BCUT2D eigenvalue weighted by Crippen LogP contribution is -2.65. The zero-order chi connectivity index (χ0) is 36.9. The number of allylic oxidation sites excluding steroid dienone is 2. The normalized spacial score (nSPS) is 43.3. The summed E-state index contributed by atoms with van der Waals surface area (Å²) in [5.74, 6) is -3.84. The highest BCUT2D eigenvalue weighted by Crippen LogP contribution is 2.74. The molecule has 11 nitrogen and oxygen atoms in total. The Morgan fingerprint density at radius 3 is 2.27 bits per heavy atom. The fraction of sp³-hybridized carbons (Fsp3) is 0.763. The molecule has 1 aliphatic heterocycles. The van der Waals surface area contributed by atoms with E-state index in [1.807, 2.05) is 19.9 Å². The van der Waals surface area contributed by atoms with Crippen LogP contribution < -0.4 is 0 Å².